The average Bonchev–Trinajstić information content (AvgIpc) is 1.64. The molecule has 0 saturated carbocycles. The number of carbonyl (C=O) groups excluding carboxylic acids is 3. The van der Waals surface area contributed by atoms with Crippen molar-refractivity contribution in [3.8, 4) is 0 Å². The Kier molecular flexibility index (Phi) is 24.3. The predicted octanol–water partition coefficient (Wildman–Crippen LogP) is -1.11. The summed E-state index contributed by atoms with van der Waals surface area (Å²) in [6, 6.07) is 4.86. The van der Waals surface area contributed by atoms with E-state index in [1.165, 1.54) is 53.9 Å². The van der Waals surface area contributed by atoms with E-state index in [-0.39, 0.29) is 55.2 Å². The van der Waals surface area contributed by atoms with Crippen LogP contribution in [0.4, 0.5) is 21.5 Å². The highest BCUT2D eigenvalue weighted by molar-refractivity contribution is 5.88. The molecule has 496 valence electrons. The van der Waals surface area contributed by atoms with Crippen molar-refractivity contribution in [3.63, 3.8) is 0 Å². The third-order valence-corrected chi connectivity index (χ3v) is 15.9. The Hall–Kier alpha value is -7.74. The minimum Gasteiger partial charge on any atom is -0.397 e. The zero-order valence-electron chi connectivity index (χ0n) is 50.8. The van der Waals surface area contributed by atoms with E-state index in [9.17, 15) is 49.4 Å². The summed E-state index contributed by atoms with van der Waals surface area (Å²) in [6.07, 6.45) is 5.37. The van der Waals surface area contributed by atoms with Gasteiger partial charge in [-0.1, -0.05) is 46.1 Å². The summed E-state index contributed by atoms with van der Waals surface area (Å²) in [5.74, 6) is -1.68. The van der Waals surface area contributed by atoms with Gasteiger partial charge in [0.05, 0.1) is 98.8 Å². The molecule has 0 radical (unpaired) electrons. The maximum absolute atomic E-state index is 14.3. The lowest BCUT2D eigenvalue weighted by Crippen LogP contribution is -2.55. The number of benzene rings is 1. The molecule has 3 aliphatic rings. The number of imidazole rings is 3. The lowest BCUT2D eigenvalue weighted by atomic mass is 10.0. The topological polar surface area (TPSA) is 480 Å². The van der Waals surface area contributed by atoms with Gasteiger partial charge in [-0.15, -0.1) is 0 Å². The first kappa shape index (κ1) is 69.2. The van der Waals surface area contributed by atoms with E-state index in [4.69, 9.17) is 52.4 Å². The van der Waals surface area contributed by atoms with Gasteiger partial charge in [0.1, 0.15) is 71.3 Å². The maximum atomic E-state index is 14.3. The first-order valence-electron chi connectivity index (χ1n) is 29.8. The molecule has 6 aromatic heterocycles. The van der Waals surface area contributed by atoms with Crippen LogP contribution >= 0.6 is 0 Å². The summed E-state index contributed by atoms with van der Waals surface area (Å²) < 4.78 is 46.3. The molecular formula is C58H83FN18O14. The van der Waals surface area contributed by atoms with Crippen LogP contribution in [-0.2, 0) is 44.6 Å². The fraction of sp³-hybridized carbons (Fsp3) is 0.534. The molecular weight excluding hydrogens is 1190 g/mol. The highest BCUT2D eigenvalue weighted by Gasteiger charge is 2.51. The standard InChI is InChI=1S/C22H29N7O4.C19H30N6O6.C17H24FN5O4/c1-2-4-15(24)21(32)28(10-13-5-3-7-25-9-13)18-16(11-30)33-22(19(18)31)29-12-27-17-14(23)6-8-26-20(17)29;1-3-4-12(23-9-30-10-29-2)18(28)24-15-13(7-26)31-19(16(15)27)25-8-22-14-11(20)5-6-21-17(14)25;1-2-3-10(20)16(26)22-13-11(6-24)27-17(15(13)25)23-7-21-12-9(19)5-4-8(18)14(12)23/h3,5-9,12,15-16,18-19,22,30-31H,2,4,10-11,24H2,1H3,(H2,23,26);5-6,8,12-13,15-16,19,23,26-27H,3-4,7,9-10H2,1-2H3,(H2,20,21)(H,24,28);4-5,7,10-11,13,15,17,24-25H,2-3,6,19-20H2,1H3,(H,22,26)/t15?,16-,18+,19?,22-;12?,13-,15+,16?,19-;10?,11-,13+,15?,17-/m111/s1. The molecule has 3 fully saturated rings. The van der Waals surface area contributed by atoms with Crippen LogP contribution < -0.4 is 44.6 Å². The minimum absolute atomic E-state index is 0.0744. The largest absolute Gasteiger partial charge is 0.397 e. The summed E-state index contributed by atoms with van der Waals surface area (Å²) in [7, 11) is 1.51. The number of nitrogen functional groups attached to an aromatic ring is 3. The molecule has 15 atom stereocenters. The van der Waals surface area contributed by atoms with Crippen LogP contribution in [0, 0.1) is 5.82 Å². The number of pyridine rings is 3. The third kappa shape index (κ3) is 15.4. The molecule has 19 N–H and O–H groups in total. The number of nitrogens with zero attached hydrogens (tertiary/aromatic N) is 10. The number of anilines is 3. The van der Waals surface area contributed by atoms with Crippen LogP contribution in [0.5, 0.6) is 0 Å². The van der Waals surface area contributed by atoms with Crippen molar-refractivity contribution >= 4 is 68.1 Å². The van der Waals surface area contributed by atoms with Gasteiger partial charge in [-0.25, -0.2) is 29.3 Å². The number of fused-ring (bicyclic) bond motifs is 3. The Labute approximate surface area is 522 Å². The normalized spacial score (nSPS) is 24.8. The molecule has 0 aliphatic carbocycles. The number of nitrogens with one attached hydrogen (secondary N) is 3. The summed E-state index contributed by atoms with van der Waals surface area (Å²) in [5, 5.41) is 70.9. The highest BCUT2D eigenvalue weighted by Crippen LogP contribution is 2.38. The maximum Gasteiger partial charge on any atom is 0.240 e. The van der Waals surface area contributed by atoms with E-state index in [1.54, 1.807) is 45.9 Å². The van der Waals surface area contributed by atoms with Crippen LogP contribution in [0.3, 0.4) is 0 Å². The van der Waals surface area contributed by atoms with Crippen molar-refractivity contribution in [3.05, 3.63) is 91.5 Å². The van der Waals surface area contributed by atoms with E-state index < -0.39 is 116 Å². The molecule has 3 amide bonds. The quantitative estimate of drug-likeness (QED) is 0.0183. The van der Waals surface area contributed by atoms with Crippen LogP contribution in [0.2, 0.25) is 0 Å². The second kappa shape index (κ2) is 32.0. The zero-order chi connectivity index (χ0) is 65.6. The van der Waals surface area contributed by atoms with Gasteiger partial charge >= 0.3 is 0 Å². The molecule has 1 aromatic carbocycles. The van der Waals surface area contributed by atoms with Crippen LogP contribution in [0.25, 0.3) is 33.4 Å². The van der Waals surface area contributed by atoms with Crippen molar-refractivity contribution in [1.82, 2.24) is 64.5 Å². The fourth-order valence-electron chi connectivity index (χ4n) is 11.3. The Morgan fingerprint density at radius 3 is 1.73 bits per heavy atom. The van der Waals surface area contributed by atoms with Gasteiger partial charge < -0.3 is 98.5 Å². The van der Waals surface area contributed by atoms with Crippen molar-refractivity contribution in [2.24, 2.45) is 11.5 Å². The lowest BCUT2D eigenvalue weighted by Gasteiger charge is -2.35. The number of ether oxygens (including phenoxy) is 5. The number of methoxy groups -OCH3 is 1. The summed E-state index contributed by atoms with van der Waals surface area (Å²) in [6.45, 7) is 4.97. The van der Waals surface area contributed by atoms with E-state index in [1.807, 2.05) is 26.8 Å². The molecule has 0 spiro atoms. The number of aliphatic hydroxyl groups excluding tert-OH is 6. The van der Waals surface area contributed by atoms with Gasteiger partial charge in [0.2, 0.25) is 17.7 Å². The molecule has 10 rings (SSSR count). The number of hydrogen-bond acceptors (Lipinski definition) is 26. The van der Waals surface area contributed by atoms with Gasteiger partial charge in [-0.05, 0) is 55.2 Å². The SMILES string of the molecule is CCCC(N)C(=O)N(Cc1cccnc1)[C@@H]1C(O)[C@H](n2cnc3c(N)ccnc32)O[C@@H]1CO.CCCC(N)C(=O)N[C@@H]1C(O)[C@H](n2cnc3c(N)ccc(F)c32)O[C@@H]1CO.CCCC(NCOCOC)C(=O)N[C@@H]1C(O)[C@H](n2cnc3c(N)ccnc32)O[C@@H]1CO. The number of aromatic nitrogens is 9. The number of aliphatic hydroxyl groups is 6. The Morgan fingerprint density at radius 1 is 0.659 bits per heavy atom. The number of hydrogen-bond donors (Lipinski definition) is 14. The Morgan fingerprint density at radius 2 is 1.18 bits per heavy atom. The van der Waals surface area contributed by atoms with Gasteiger partial charge in [0, 0.05) is 38.4 Å². The van der Waals surface area contributed by atoms with E-state index in [0.29, 0.717) is 53.0 Å². The molecule has 0 bridgehead atoms. The van der Waals surface area contributed by atoms with E-state index in [0.717, 1.165) is 24.8 Å². The summed E-state index contributed by atoms with van der Waals surface area (Å²) in [5.41, 5.74) is 33.8. The van der Waals surface area contributed by atoms with E-state index in [2.05, 4.69) is 45.9 Å². The average molecular weight is 1280 g/mol. The van der Waals surface area contributed by atoms with Gasteiger partial charge in [-0.2, -0.15) is 0 Å². The monoisotopic (exact) mass is 1270 g/mol. The van der Waals surface area contributed by atoms with Crippen molar-refractivity contribution in [2.45, 2.75) is 157 Å². The summed E-state index contributed by atoms with van der Waals surface area (Å²) in [4.78, 5) is 65.2. The van der Waals surface area contributed by atoms with Crippen molar-refractivity contribution < 1.29 is 73.1 Å². The first-order valence-corrected chi connectivity index (χ1v) is 29.8. The Bertz CT molecular complexity index is 3500. The first-order chi connectivity index (χ1) is 43.9. The summed E-state index contributed by atoms with van der Waals surface area (Å²) >= 11 is 0. The highest BCUT2D eigenvalue weighted by atomic mass is 19.1. The molecule has 6 unspecified atom stereocenters. The third-order valence-electron chi connectivity index (χ3n) is 15.9. The molecule has 91 heavy (non-hydrogen) atoms. The number of halogens is 1. The zero-order valence-corrected chi connectivity index (χ0v) is 50.8. The molecule has 32 nitrogen and oxygen atoms in total. The number of nitrogens with two attached hydrogens (primary N) is 5. The van der Waals surface area contributed by atoms with Crippen LogP contribution in [-0.4, -0.2) is 210 Å². The van der Waals surface area contributed by atoms with E-state index >= 15 is 0 Å². The number of amides is 3. The van der Waals surface area contributed by atoms with Crippen LogP contribution in [0.15, 0.2) is 80.2 Å². The number of rotatable bonds is 25. The van der Waals surface area contributed by atoms with Crippen LogP contribution in [0.1, 0.15) is 83.5 Å². The molecule has 7 aromatic rings. The Balaban J connectivity index is 0.000000177. The predicted molar refractivity (Wildman–Crippen MR) is 327 cm³/mol. The van der Waals surface area contributed by atoms with Crippen molar-refractivity contribution in [1.29, 1.82) is 0 Å². The number of carbonyl (C=O) groups is 3. The molecule has 33 heteroatoms. The fourth-order valence-corrected chi connectivity index (χ4v) is 11.3. The van der Waals surface area contributed by atoms with Gasteiger partial charge in [-0.3, -0.25) is 38.4 Å². The lowest BCUT2D eigenvalue weighted by molar-refractivity contribution is -0.139. The second-order valence-corrected chi connectivity index (χ2v) is 22.1. The molecule has 3 aliphatic heterocycles. The van der Waals surface area contributed by atoms with Crippen molar-refractivity contribution in [2.75, 3.05) is 57.7 Å². The molecule has 3 saturated heterocycles. The minimum atomic E-state index is -1.25. The van der Waals surface area contributed by atoms with Gasteiger partial charge in [0.25, 0.3) is 0 Å². The second-order valence-electron chi connectivity index (χ2n) is 22.1. The van der Waals surface area contributed by atoms with Gasteiger partial charge in [0.15, 0.2) is 30.0 Å². The smallest absolute Gasteiger partial charge is 0.240 e. The molecule has 9 heterocycles.